The van der Waals surface area contributed by atoms with Gasteiger partial charge in [-0.15, -0.1) is 0 Å². The fraction of sp³-hybridized carbons (Fsp3) is 1.00. The fourth-order valence-corrected chi connectivity index (χ4v) is 3.86. The molecule has 0 aromatic rings. The van der Waals surface area contributed by atoms with Gasteiger partial charge in [-0.2, -0.15) is 0 Å². The van der Waals surface area contributed by atoms with E-state index in [4.69, 9.17) is 4.74 Å². The van der Waals surface area contributed by atoms with Gasteiger partial charge in [0.05, 0.1) is 24.2 Å². The maximum Gasteiger partial charge on any atom is 0.154 e. The molecule has 2 aliphatic rings. The molecule has 3 unspecified atom stereocenters. The van der Waals surface area contributed by atoms with Crippen LogP contribution in [0.25, 0.3) is 0 Å². The van der Waals surface area contributed by atoms with Crippen molar-refractivity contribution in [2.75, 3.05) is 31.3 Å². The van der Waals surface area contributed by atoms with Crippen LogP contribution >= 0.6 is 0 Å². The Balaban J connectivity index is 1.87. The number of hydrogen-bond donors (Lipinski definition) is 3. The van der Waals surface area contributed by atoms with E-state index in [1.165, 1.54) is 0 Å². The van der Waals surface area contributed by atoms with Crippen molar-refractivity contribution in [1.82, 2.24) is 5.32 Å². The van der Waals surface area contributed by atoms with Gasteiger partial charge >= 0.3 is 0 Å². The molecule has 0 aromatic heterocycles. The molecule has 2 heterocycles. The van der Waals surface area contributed by atoms with E-state index in [0.717, 1.165) is 0 Å². The first kappa shape index (κ1) is 12.3. The summed E-state index contributed by atoms with van der Waals surface area (Å²) in [5.41, 5.74) is -0.925. The van der Waals surface area contributed by atoms with Gasteiger partial charge < -0.3 is 20.3 Å². The molecule has 3 N–H and O–H groups in total. The zero-order chi connectivity index (χ0) is 11.8. The molecule has 94 valence electrons. The second-order valence-electron chi connectivity index (χ2n) is 4.66. The van der Waals surface area contributed by atoms with Gasteiger partial charge in [-0.25, -0.2) is 8.42 Å². The molecule has 0 spiro atoms. The van der Waals surface area contributed by atoms with Gasteiger partial charge in [0.1, 0.15) is 5.60 Å². The number of sulfone groups is 1. The minimum absolute atomic E-state index is 0.0644. The van der Waals surface area contributed by atoms with Gasteiger partial charge in [0.25, 0.3) is 0 Å². The third kappa shape index (κ3) is 2.72. The molecule has 2 saturated heterocycles. The third-order valence-corrected chi connectivity index (χ3v) is 4.81. The average molecular weight is 251 g/mol. The Morgan fingerprint density at radius 1 is 1.44 bits per heavy atom. The molecular weight excluding hydrogens is 234 g/mol. The Kier molecular flexibility index (Phi) is 3.24. The molecule has 3 atom stereocenters. The number of aliphatic hydroxyl groups excluding tert-OH is 1. The Morgan fingerprint density at radius 3 is 2.69 bits per heavy atom. The van der Waals surface area contributed by atoms with E-state index < -0.39 is 27.6 Å². The lowest BCUT2D eigenvalue weighted by Gasteiger charge is -2.24. The van der Waals surface area contributed by atoms with E-state index in [1.807, 2.05) is 0 Å². The van der Waals surface area contributed by atoms with Crippen molar-refractivity contribution in [1.29, 1.82) is 0 Å². The fourth-order valence-electron chi connectivity index (χ4n) is 2.08. The summed E-state index contributed by atoms with van der Waals surface area (Å²) in [5.74, 6) is -0.259. The average Bonchev–Trinajstić information content (AvgIpc) is 2.68. The van der Waals surface area contributed by atoms with Gasteiger partial charge in [-0.1, -0.05) is 0 Å². The lowest BCUT2D eigenvalue weighted by Crippen LogP contribution is -2.48. The summed E-state index contributed by atoms with van der Waals surface area (Å²) in [6.07, 6.45) is -0.342. The minimum atomic E-state index is -3.14. The van der Waals surface area contributed by atoms with Crippen LogP contribution in [-0.2, 0) is 14.6 Å². The molecule has 0 saturated carbocycles. The van der Waals surface area contributed by atoms with Crippen molar-refractivity contribution in [3.8, 4) is 0 Å². The first-order valence-electron chi connectivity index (χ1n) is 5.32. The summed E-state index contributed by atoms with van der Waals surface area (Å²) in [4.78, 5) is 0. The van der Waals surface area contributed by atoms with E-state index in [2.05, 4.69) is 5.32 Å². The highest BCUT2D eigenvalue weighted by Crippen LogP contribution is 2.19. The molecule has 2 rings (SSSR count). The molecule has 0 radical (unpaired) electrons. The summed E-state index contributed by atoms with van der Waals surface area (Å²) in [7, 11) is -3.14. The van der Waals surface area contributed by atoms with Crippen molar-refractivity contribution in [3.05, 3.63) is 0 Å². The van der Waals surface area contributed by atoms with Gasteiger partial charge in [0.2, 0.25) is 0 Å². The number of aliphatic hydroxyl groups is 2. The van der Waals surface area contributed by atoms with Crippen LogP contribution in [0.15, 0.2) is 0 Å². The van der Waals surface area contributed by atoms with Gasteiger partial charge in [-0.05, 0) is 0 Å². The monoisotopic (exact) mass is 251 g/mol. The Bertz CT molecular complexity index is 349. The zero-order valence-electron chi connectivity index (χ0n) is 8.92. The molecular formula is C9H17NO5S. The molecule has 0 aromatic carbocycles. The third-order valence-electron chi connectivity index (χ3n) is 3.10. The van der Waals surface area contributed by atoms with Crippen molar-refractivity contribution >= 4 is 9.84 Å². The van der Waals surface area contributed by atoms with Crippen LogP contribution < -0.4 is 5.32 Å². The van der Waals surface area contributed by atoms with Crippen LogP contribution in [0.3, 0.4) is 0 Å². The zero-order valence-corrected chi connectivity index (χ0v) is 9.74. The number of nitrogens with one attached hydrogen (secondary N) is 1. The van der Waals surface area contributed by atoms with Crippen LogP contribution in [0, 0.1) is 0 Å². The molecule has 7 heteroatoms. The van der Waals surface area contributed by atoms with Crippen molar-refractivity contribution in [2.45, 2.75) is 24.2 Å². The molecule has 6 nitrogen and oxygen atoms in total. The van der Waals surface area contributed by atoms with E-state index in [-0.39, 0.29) is 24.7 Å². The van der Waals surface area contributed by atoms with E-state index >= 15 is 0 Å². The molecule has 0 bridgehead atoms. The Labute approximate surface area is 94.5 Å². The van der Waals surface area contributed by atoms with Gasteiger partial charge in [0, 0.05) is 25.6 Å². The summed E-state index contributed by atoms with van der Waals surface area (Å²) >= 11 is 0. The highest BCUT2D eigenvalue weighted by atomic mass is 32.2. The second-order valence-corrected chi connectivity index (χ2v) is 6.81. The molecule has 2 fully saturated rings. The summed E-state index contributed by atoms with van der Waals surface area (Å²) in [5, 5.41) is 22.4. The first-order valence-corrected chi connectivity index (χ1v) is 7.14. The maximum atomic E-state index is 11.2. The van der Waals surface area contributed by atoms with Crippen molar-refractivity contribution in [2.24, 2.45) is 0 Å². The van der Waals surface area contributed by atoms with Crippen LogP contribution in [0.2, 0.25) is 0 Å². The lowest BCUT2D eigenvalue weighted by atomic mass is 10.0. The number of rotatable bonds is 3. The summed E-state index contributed by atoms with van der Waals surface area (Å²) in [6.45, 7) is 1.03. The van der Waals surface area contributed by atoms with E-state index in [0.29, 0.717) is 13.0 Å². The highest BCUT2D eigenvalue weighted by Gasteiger charge is 2.39. The normalized spacial score (nSPS) is 42.6. The van der Waals surface area contributed by atoms with Crippen LogP contribution in [-0.4, -0.2) is 67.6 Å². The Hall–Kier alpha value is -0.210. The number of hydrogen-bond acceptors (Lipinski definition) is 6. The smallest absolute Gasteiger partial charge is 0.154 e. The Morgan fingerprint density at radius 2 is 2.19 bits per heavy atom. The maximum absolute atomic E-state index is 11.2. The van der Waals surface area contributed by atoms with Crippen molar-refractivity contribution in [3.63, 3.8) is 0 Å². The predicted octanol–water partition coefficient (Wildman–Crippen LogP) is -2.11. The van der Waals surface area contributed by atoms with Crippen LogP contribution in [0.5, 0.6) is 0 Å². The minimum Gasteiger partial charge on any atom is -0.390 e. The van der Waals surface area contributed by atoms with E-state index in [1.54, 1.807) is 0 Å². The first-order chi connectivity index (χ1) is 7.40. The quantitative estimate of drug-likeness (QED) is 0.531. The van der Waals surface area contributed by atoms with Crippen molar-refractivity contribution < 1.29 is 23.4 Å². The summed E-state index contributed by atoms with van der Waals surface area (Å²) in [6, 6.07) is -0.477. The largest absolute Gasteiger partial charge is 0.390 e. The van der Waals surface area contributed by atoms with E-state index in [9.17, 15) is 18.6 Å². The van der Waals surface area contributed by atoms with Gasteiger partial charge in [-0.3, -0.25) is 0 Å². The molecule has 0 aliphatic carbocycles. The second kappa shape index (κ2) is 4.23. The highest BCUT2D eigenvalue weighted by molar-refractivity contribution is 7.91. The summed E-state index contributed by atoms with van der Waals surface area (Å²) < 4.78 is 27.6. The number of ether oxygens (including phenoxy) is 1. The predicted molar refractivity (Wildman–Crippen MR) is 56.8 cm³/mol. The lowest BCUT2D eigenvalue weighted by molar-refractivity contribution is 0.0215. The standard InChI is InChI=1S/C9H17NO5S/c11-8-4-16(13,14)3-7(8)10-5-9(12)1-2-15-6-9/h7-8,10-12H,1-6H2. The SMILES string of the molecule is O=S1(=O)CC(O)C(NCC2(O)CCOC2)C1. The molecule has 2 aliphatic heterocycles. The molecule has 16 heavy (non-hydrogen) atoms. The van der Waals surface area contributed by atoms with Crippen LogP contribution in [0.4, 0.5) is 0 Å². The topological polar surface area (TPSA) is 95.9 Å². The van der Waals surface area contributed by atoms with Gasteiger partial charge in [0.15, 0.2) is 9.84 Å². The molecule has 0 amide bonds. The van der Waals surface area contributed by atoms with Crippen LogP contribution in [0.1, 0.15) is 6.42 Å².